The Morgan fingerprint density at radius 2 is 2.04 bits per heavy atom. The van der Waals surface area contributed by atoms with Crippen molar-refractivity contribution in [2.24, 2.45) is 29.2 Å². The van der Waals surface area contributed by atoms with E-state index in [1.807, 2.05) is 0 Å². The molecule has 1 amide bonds. The van der Waals surface area contributed by atoms with Gasteiger partial charge in [0.2, 0.25) is 5.91 Å². The van der Waals surface area contributed by atoms with E-state index in [9.17, 15) is 14.7 Å². The highest BCUT2D eigenvalue weighted by Crippen LogP contribution is 2.36. The summed E-state index contributed by atoms with van der Waals surface area (Å²) in [5.74, 6) is -1.03. The molecule has 0 spiro atoms. The van der Waals surface area contributed by atoms with Gasteiger partial charge in [0.25, 0.3) is 0 Å². The van der Waals surface area contributed by atoms with Crippen LogP contribution in [0.25, 0.3) is 0 Å². The summed E-state index contributed by atoms with van der Waals surface area (Å²) in [7, 11) is 5.57. The van der Waals surface area contributed by atoms with Crippen LogP contribution in [0.4, 0.5) is 0 Å². The van der Waals surface area contributed by atoms with E-state index >= 15 is 0 Å². The number of nitrogens with two attached hydrogens (primary N) is 2. The van der Waals surface area contributed by atoms with Gasteiger partial charge in [-0.15, -0.1) is 0 Å². The second kappa shape index (κ2) is 10.7. The van der Waals surface area contributed by atoms with E-state index in [1.165, 1.54) is 0 Å². The minimum absolute atomic E-state index is 0.0262. The number of carboxylic acid groups (broad SMARTS) is 1. The first kappa shape index (κ1) is 20.0. The molecule has 23 heavy (non-hydrogen) atoms. The number of unbranched alkanes of at least 4 members (excludes halogenated alkanes) is 1. The highest BCUT2D eigenvalue weighted by molar-refractivity contribution is 6.08. The normalized spacial score (nSPS) is 25.7. The first-order valence-electron chi connectivity index (χ1n) is 8.65. The van der Waals surface area contributed by atoms with Crippen molar-refractivity contribution in [2.75, 3.05) is 13.1 Å². The Labute approximate surface area is 140 Å². The van der Waals surface area contributed by atoms with Gasteiger partial charge in [0.1, 0.15) is 0 Å². The predicted octanol–water partition coefficient (Wildman–Crippen LogP) is 0.653. The van der Waals surface area contributed by atoms with Crippen LogP contribution >= 0.6 is 0 Å². The summed E-state index contributed by atoms with van der Waals surface area (Å²) < 4.78 is 0. The topological polar surface area (TPSA) is 118 Å². The van der Waals surface area contributed by atoms with Crippen LogP contribution in [0.2, 0.25) is 6.32 Å². The number of carboxylic acids is 1. The number of rotatable bonds is 10. The zero-order valence-corrected chi connectivity index (χ0v) is 13.9. The lowest BCUT2D eigenvalue weighted by Gasteiger charge is -2.34. The fourth-order valence-electron chi connectivity index (χ4n) is 3.37. The van der Waals surface area contributed by atoms with E-state index in [1.54, 1.807) is 0 Å². The van der Waals surface area contributed by atoms with Gasteiger partial charge in [-0.3, -0.25) is 9.59 Å². The summed E-state index contributed by atoms with van der Waals surface area (Å²) in [6, 6.07) is -0.543. The van der Waals surface area contributed by atoms with E-state index in [0.717, 1.165) is 32.1 Å². The van der Waals surface area contributed by atoms with Crippen molar-refractivity contribution in [1.29, 1.82) is 0 Å². The van der Waals surface area contributed by atoms with E-state index in [0.29, 0.717) is 38.2 Å². The molecule has 0 aromatic carbocycles. The third-order valence-corrected chi connectivity index (χ3v) is 4.84. The molecule has 0 aromatic rings. The molecule has 6 nitrogen and oxygen atoms in total. The second-order valence-corrected chi connectivity index (χ2v) is 6.60. The molecule has 0 heterocycles. The number of amides is 1. The summed E-state index contributed by atoms with van der Waals surface area (Å²) in [6.07, 6.45) is 6.18. The minimum Gasteiger partial charge on any atom is -0.481 e. The van der Waals surface area contributed by atoms with Gasteiger partial charge in [0.15, 0.2) is 0 Å². The molecule has 2 radical (unpaired) electrons. The fraction of sp³-hybridized carbons (Fsp3) is 0.875. The highest BCUT2D eigenvalue weighted by Gasteiger charge is 2.35. The van der Waals surface area contributed by atoms with Crippen molar-refractivity contribution in [1.82, 2.24) is 5.32 Å². The van der Waals surface area contributed by atoms with Crippen LogP contribution in [-0.2, 0) is 9.59 Å². The summed E-state index contributed by atoms with van der Waals surface area (Å²) in [5.41, 5.74) is 11.3. The van der Waals surface area contributed by atoms with E-state index < -0.39 is 17.9 Å². The van der Waals surface area contributed by atoms with Crippen LogP contribution in [0, 0.1) is 17.8 Å². The molecule has 7 heteroatoms. The predicted molar refractivity (Wildman–Crippen MR) is 91.0 cm³/mol. The molecule has 0 saturated heterocycles. The molecule has 0 unspecified atom stereocenters. The van der Waals surface area contributed by atoms with Gasteiger partial charge < -0.3 is 21.9 Å². The second-order valence-electron chi connectivity index (χ2n) is 6.60. The monoisotopic (exact) mass is 323 g/mol. The van der Waals surface area contributed by atoms with Crippen LogP contribution < -0.4 is 16.8 Å². The van der Waals surface area contributed by atoms with E-state index in [4.69, 9.17) is 19.3 Å². The van der Waals surface area contributed by atoms with Gasteiger partial charge in [0, 0.05) is 6.54 Å². The zero-order valence-electron chi connectivity index (χ0n) is 13.9. The Morgan fingerprint density at radius 1 is 1.30 bits per heavy atom. The Kier molecular flexibility index (Phi) is 9.25. The average molecular weight is 323 g/mol. The maximum Gasteiger partial charge on any atom is 0.306 e. The van der Waals surface area contributed by atoms with Crippen molar-refractivity contribution in [3.8, 4) is 0 Å². The molecule has 0 aliphatic heterocycles. The van der Waals surface area contributed by atoms with Crippen LogP contribution in [0.5, 0.6) is 0 Å². The lowest BCUT2D eigenvalue weighted by atomic mass is 9.71. The maximum absolute atomic E-state index is 12.0. The molecule has 4 atom stereocenters. The number of nitrogens with one attached hydrogen (secondary N) is 1. The molecule has 1 rings (SSSR count). The molecule has 0 aromatic heterocycles. The molecule has 1 saturated carbocycles. The Hall–Kier alpha value is -1.08. The van der Waals surface area contributed by atoms with Gasteiger partial charge in [-0.05, 0) is 44.1 Å². The van der Waals surface area contributed by atoms with Crippen molar-refractivity contribution in [3.05, 3.63) is 0 Å². The van der Waals surface area contributed by atoms with Crippen molar-refractivity contribution in [2.45, 2.75) is 57.3 Å². The SMILES string of the molecule is [B]CC[C@@H]1CC[C@@H](CNC(=O)[C@@H](N)CCCCN)[C@@H](C(=O)O)C1. The maximum atomic E-state index is 12.0. The Bertz CT molecular complexity index is 382. The van der Waals surface area contributed by atoms with Crippen LogP contribution in [0.1, 0.15) is 44.9 Å². The van der Waals surface area contributed by atoms with Gasteiger partial charge in [-0.1, -0.05) is 25.6 Å². The number of carbonyl (C=O) groups is 2. The summed E-state index contributed by atoms with van der Waals surface area (Å²) >= 11 is 0. The van der Waals surface area contributed by atoms with Gasteiger partial charge in [-0.2, -0.15) is 0 Å². The van der Waals surface area contributed by atoms with Crippen molar-refractivity contribution >= 4 is 19.7 Å². The molecule has 6 N–H and O–H groups in total. The molecule has 0 bridgehead atoms. The standard InChI is InChI=1S/C16H30BN3O3/c17-7-6-11-4-5-12(13(9-11)16(22)23)10-20-15(21)14(19)3-1-2-8-18/h11-14H,1-10,18-19H2,(H,20,21)(H,22,23)/t11-,12-,13-,14-/m0/s1. The van der Waals surface area contributed by atoms with Gasteiger partial charge in [0.05, 0.1) is 19.8 Å². The van der Waals surface area contributed by atoms with Crippen LogP contribution in [0.15, 0.2) is 0 Å². The summed E-state index contributed by atoms with van der Waals surface area (Å²) in [4.78, 5) is 23.5. The number of carbonyl (C=O) groups excluding carboxylic acids is 1. The average Bonchev–Trinajstić information content (AvgIpc) is 2.53. The van der Waals surface area contributed by atoms with Crippen molar-refractivity contribution < 1.29 is 14.7 Å². The third-order valence-electron chi connectivity index (χ3n) is 4.84. The third kappa shape index (κ3) is 6.91. The smallest absolute Gasteiger partial charge is 0.306 e. The molecule has 1 aliphatic rings. The van der Waals surface area contributed by atoms with Crippen LogP contribution in [-0.4, -0.2) is 44.0 Å². The Balaban J connectivity index is 2.42. The zero-order chi connectivity index (χ0) is 17.2. The van der Waals surface area contributed by atoms with E-state index in [2.05, 4.69) is 5.32 Å². The largest absolute Gasteiger partial charge is 0.481 e. The molecular formula is C16H30BN3O3. The quantitative estimate of drug-likeness (QED) is 0.348. The number of hydrogen-bond acceptors (Lipinski definition) is 4. The summed E-state index contributed by atoms with van der Waals surface area (Å²) in [5, 5.41) is 12.3. The highest BCUT2D eigenvalue weighted by atomic mass is 16.4. The lowest BCUT2D eigenvalue weighted by Crippen LogP contribution is -2.45. The lowest BCUT2D eigenvalue weighted by molar-refractivity contribution is -0.146. The van der Waals surface area contributed by atoms with Crippen molar-refractivity contribution in [3.63, 3.8) is 0 Å². The Morgan fingerprint density at radius 3 is 2.65 bits per heavy atom. The molecule has 1 aliphatic carbocycles. The summed E-state index contributed by atoms with van der Waals surface area (Å²) in [6.45, 7) is 0.983. The van der Waals surface area contributed by atoms with Gasteiger partial charge in [-0.25, -0.2) is 0 Å². The molecule has 1 fully saturated rings. The first-order valence-corrected chi connectivity index (χ1v) is 8.65. The molecule has 130 valence electrons. The first-order chi connectivity index (χ1) is 11.0. The molecular weight excluding hydrogens is 293 g/mol. The number of hydrogen-bond donors (Lipinski definition) is 4. The number of aliphatic carboxylic acids is 1. The van der Waals surface area contributed by atoms with Gasteiger partial charge >= 0.3 is 5.97 Å². The fourth-order valence-corrected chi connectivity index (χ4v) is 3.37. The van der Waals surface area contributed by atoms with Crippen LogP contribution in [0.3, 0.4) is 0 Å². The van der Waals surface area contributed by atoms with E-state index in [-0.39, 0.29) is 11.8 Å². The minimum atomic E-state index is -0.779.